The number of hydrogen-bond acceptors (Lipinski definition) is 5. The molecule has 1 atom stereocenters. The molecule has 3 aromatic heterocycles. The summed E-state index contributed by atoms with van der Waals surface area (Å²) in [4.78, 5) is 22.4. The van der Waals surface area contributed by atoms with Crippen LogP contribution in [0.2, 0.25) is 0 Å². The van der Waals surface area contributed by atoms with Gasteiger partial charge < -0.3 is 14.0 Å². The number of nitrogens with zero attached hydrogens (tertiary/aromatic N) is 3. The zero-order valence-corrected chi connectivity index (χ0v) is 15.4. The first-order valence-electron chi connectivity index (χ1n) is 9.21. The normalized spacial score (nSPS) is 13.5. The van der Waals surface area contributed by atoms with E-state index < -0.39 is 6.10 Å². The molecule has 0 bridgehead atoms. The summed E-state index contributed by atoms with van der Waals surface area (Å²) in [5.41, 5.74) is 2.70. The molecule has 27 heavy (non-hydrogen) atoms. The van der Waals surface area contributed by atoms with Crippen molar-refractivity contribution in [1.82, 2.24) is 9.38 Å². The van der Waals surface area contributed by atoms with E-state index in [0.717, 1.165) is 33.7 Å². The summed E-state index contributed by atoms with van der Waals surface area (Å²) < 4.78 is 7.18. The second-order valence-corrected chi connectivity index (χ2v) is 6.37. The number of ether oxygens (including phenoxy) is 1. The highest BCUT2D eigenvalue weighted by Crippen LogP contribution is 2.24. The van der Waals surface area contributed by atoms with Crippen molar-refractivity contribution in [2.24, 2.45) is 5.16 Å². The Labute approximate surface area is 156 Å². The zero-order valence-electron chi connectivity index (χ0n) is 15.4. The van der Waals surface area contributed by atoms with Gasteiger partial charge in [-0.1, -0.05) is 30.6 Å². The lowest BCUT2D eigenvalue weighted by molar-refractivity contribution is -0.157. The largest absolute Gasteiger partial charge is 0.463 e. The average Bonchev–Trinajstić information content (AvgIpc) is 3.17. The van der Waals surface area contributed by atoms with E-state index in [2.05, 4.69) is 26.7 Å². The summed E-state index contributed by atoms with van der Waals surface area (Å²) in [6.45, 7) is 4.09. The van der Waals surface area contributed by atoms with E-state index in [0.29, 0.717) is 18.4 Å². The van der Waals surface area contributed by atoms with Gasteiger partial charge in [0.2, 0.25) is 6.10 Å². The maximum absolute atomic E-state index is 12.2. The molecule has 0 saturated carbocycles. The number of aromatic nitrogens is 2. The third-order valence-electron chi connectivity index (χ3n) is 4.62. The third-order valence-corrected chi connectivity index (χ3v) is 4.62. The molecule has 3 heterocycles. The molecule has 0 saturated heterocycles. The maximum atomic E-state index is 12.2. The Morgan fingerprint density at radius 1 is 1.19 bits per heavy atom. The van der Waals surface area contributed by atoms with Crippen LogP contribution < -0.4 is 5.36 Å². The molecule has 6 heteroatoms. The van der Waals surface area contributed by atoms with Gasteiger partial charge in [0.05, 0.1) is 17.6 Å². The lowest BCUT2D eigenvalue weighted by Gasteiger charge is -2.13. The molecule has 4 rings (SSSR count). The van der Waals surface area contributed by atoms with Gasteiger partial charge in [0.1, 0.15) is 5.52 Å². The number of benzene rings is 1. The van der Waals surface area contributed by atoms with Gasteiger partial charge in [-0.05, 0) is 43.0 Å². The maximum Gasteiger partial charge on any atom is 0.350 e. The Hall–Kier alpha value is -3.15. The molecule has 0 fully saturated rings. The second kappa shape index (κ2) is 7.23. The van der Waals surface area contributed by atoms with E-state index in [1.807, 2.05) is 37.4 Å². The molecule has 0 aliphatic heterocycles. The van der Waals surface area contributed by atoms with Crippen LogP contribution in [0.5, 0.6) is 0 Å². The van der Waals surface area contributed by atoms with Crippen molar-refractivity contribution in [2.75, 3.05) is 6.61 Å². The molecule has 1 unspecified atom stereocenters. The Bertz CT molecular complexity index is 1160. The lowest BCUT2D eigenvalue weighted by atomic mass is 10.1. The smallest absolute Gasteiger partial charge is 0.350 e. The van der Waals surface area contributed by atoms with Gasteiger partial charge in [-0.25, -0.2) is 4.79 Å². The molecule has 0 radical (unpaired) electrons. The summed E-state index contributed by atoms with van der Waals surface area (Å²) in [5, 5.41) is 7.10. The second-order valence-electron chi connectivity index (χ2n) is 6.37. The molecule has 0 aliphatic carbocycles. The highest BCUT2D eigenvalue weighted by atomic mass is 16.7. The van der Waals surface area contributed by atoms with Crippen LogP contribution in [0.4, 0.5) is 0 Å². The van der Waals surface area contributed by atoms with Gasteiger partial charge >= 0.3 is 5.97 Å². The van der Waals surface area contributed by atoms with E-state index >= 15 is 0 Å². The van der Waals surface area contributed by atoms with Crippen molar-refractivity contribution in [2.45, 2.75) is 32.8 Å². The Morgan fingerprint density at radius 3 is 2.85 bits per heavy atom. The number of pyridine rings is 2. The highest BCUT2D eigenvalue weighted by Gasteiger charge is 2.21. The minimum Gasteiger partial charge on any atom is -0.463 e. The summed E-state index contributed by atoms with van der Waals surface area (Å²) >= 11 is 0. The minimum atomic E-state index is -0.720. The fraction of sp³-hybridized carbons (Fsp3) is 0.286. The van der Waals surface area contributed by atoms with Crippen molar-refractivity contribution in [1.29, 1.82) is 0 Å². The lowest BCUT2D eigenvalue weighted by Crippen LogP contribution is -2.26. The summed E-state index contributed by atoms with van der Waals surface area (Å²) in [5.74, 6) is -0.388. The van der Waals surface area contributed by atoms with Crippen LogP contribution >= 0.6 is 0 Å². The number of hydrogen-bond donors (Lipinski definition) is 0. The van der Waals surface area contributed by atoms with Crippen LogP contribution in [0, 0.1) is 0 Å². The van der Waals surface area contributed by atoms with Crippen LogP contribution in [0.15, 0.2) is 53.9 Å². The van der Waals surface area contributed by atoms with Gasteiger partial charge in [-0.15, -0.1) is 0 Å². The highest BCUT2D eigenvalue weighted by molar-refractivity contribution is 6.08. The van der Waals surface area contributed by atoms with Gasteiger partial charge in [0, 0.05) is 17.8 Å². The van der Waals surface area contributed by atoms with E-state index in [-0.39, 0.29) is 5.97 Å². The fourth-order valence-electron chi connectivity index (χ4n) is 3.41. The topological polar surface area (TPSA) is 65.2 Å². The summed E-state index contributed by atoms with van der Waals surface area (Å²) in [6.07, 6.45) is 4.38. The summed E-state index contributed by atoms with van der Waals surface area (Å²) in [6, 6.07) is 12.1. The molecule has 0 aliphatic rings. The van der Waals surface area contributed by atoms with Crippen molar-refractivity contribution in [3.8, 4) is 0 Å². The minimum absolute atomic E-state index is 0.316. The van der Waals surface area contributed by atoms with Crippen LogP contribution in [-0.4, -0.2) is 28.1 Å². The number of rotatable bonds is 6. The quantitative estimate of drug-likeness (QED) is 0.387. The van der Waals surface area contributed by atoms with Crippen molar-refractivity contribution in [3.63, 3.8) is 0 Å². The molecule has 0 N–H and O–H groups in total. The molecule has 0 amide bonds. The standard InChI is InChI=1S/C21H21N3O3/c1-3-7-17(21(25)26-4-2)27-23-19-16-10-6-13-24(16)15-9-5-8-14-11-12-22-20(19)18(14)15/h5-6,8-13,17H,3-4,7H2,1-2H3. The predicted octanol–water partition coefficient (Wildman–Crippen LogP) is 3.64. The Kier molecular flexibility index (Phi) is 4.62. The predicted molar refractivity (Wildman–Crippen MR) is 103 cm³/mol. The monoisotopic (exact) mass is 363 g/mol. The van der Waals surface area contributed by atoms with Crippen LogP contribution in [0.1, 0.15) is 26.7 Å². The van der Waals surface area contributed by atoms with E-state index in [1.54, 1.807) is 13.1 Å². The van der Waals surface area contributed by atoms with Crippen molar-refractivity contribution >= 4 is 33.3 Å². The van der Waals surface area contributed by atoms with E-state index in [4.69, 9.17) is 9.57 Å². The summed E-state index contributed by atoms with van der Waals surface area (Å²) in [7, 11) is 0. The fourth-order valence-corrected chi connectivity index (χ4v) is 3.41. The Morgan fingerprint density at radius 2 is 2.04 bits per heavy atom. The van der Waals surface area contributed by atoms with Gasteiger partial charge in [0.15, 0.2) is 5.36 Å². The van der Waals surface area contributed by atoms with E-state index in [9.17, 15) is 4.79 Å². The van der Waals surface area contributed by atoms with Crippen LogP contribution in [0.25, 0.3) is 27.3 Å². The molecule has 1 aromatic carbocycles. The first-order valence-corrected chi connectivity index (χ1v) is 9.21. The molecule has 0 spiro atoms. The Balaban J connectivity index is 1.92. The van der Waals surface area contributed by atoms with Gasteiger partial charge in [-0.2, -0.15) is 0 Å². The number of esters is 1. The zero-order chi connectivity index (χ0) is 18.8. The van der Waals surface area contributed by atoms with E-state index in [1.165, 1.54) is 0 Å². The van der Waals surface area contributed by atoms with Crippen molar-refractivity contribution < 1.29 is 14.4 Å². The third kappa shape index (κ3) is 2.97. The molecule has 6 nitrogen and oxygen atoms in total. The first kappa shape index (κ1) is 17.3. The molecular formula is C21H21N3O3. The number of carbonyl (C=O) groups is 1. The van der Waals surface area contributed by atoms with Crippen molar-refractivity contribution in [3.05, 3.63) is 54.1 Å². The number of carbonyl (C=O) groups excluding carboxylic acids is 1. The number of fused-ring (bicyclic) bond motifs is 2. The molecular weight excluding hydrogens is 342 g/mol. The van der Waals surface area contributed by atoms with Gasteiger partial charge in [-0.3, -0.25) is 4.98 Å². The average molecular weight is 363 g/mol. The first-order chi connectivity index (χ1) is 13.2. The van der Waals surface area contributed by atoms with Crippen LogP contribution in [-0.2, 0) is 14.4 Å². The van der Waals surface area contributed by atoms with Crippen LogP contribution in [0.3, 0.4) is 0 Å². The molecule has 138 valence electrons. The van der Waals surface area contributed by atoms with Gasteiger partial charge in [0.25, 0.3) is 0 Å². The SMILES string of the molecule is CCCC(ON=c1c2nccc3cccc(c32)n2cccc12)C(=O)OCC. The molecule has 4 aromatic rings.